The molecule has 0 atom stereocenters. The topological polar surface area (TPSA) is 18.5 Å². The van der Waals surface area contributed by atoms with Gasteiger partial charge in [0.05, 0.1) is 13.2 Å². The summed E-state index contributed by atoms with van der Waals surface area (Å²) in [5, 5.41) is 0. The lowest BCUT2D eigenvalue weighted by molar-refractivity contribution is 0.299. The van der Waals surface area contributed by atoms with E-state index in [4.69, 9.17) is 9.47 Å². The highest BCUT2D eigenvalue weighted by atomic mass is 16.5. The van der Waals surface area contributed by atoms with Gasteiger partial charge in [0.15, 0.2) is 0 Å². The van der Waals surface area contributed by atoms with E-state index in [1.54, 1.807) is 0 Å². The monoisotopic (exact) mass is 290 g/mol. The number of ether oxygens (including phenoxy) is 2. The molecule has 1 rings (SSSR count). The zero-order chi connectivity index (χ0) is 15.5. The molecule has 0 N–H and O–H groups in total. The highest BCUT2D eigenvalue weighted by molar-refractivity contribution is 5.31. The molecule has 0 amide bonds. The Morgan fingerprint density at radius 2 is 1.10 bits per heavy atom. The van der Waals surface area contributed by atoms with Gasteiger partial charge in [-0.05, 0) is 68.2 Å². The van der Waals surface area contributed by atoms with Crippen LogP contribution in [0.4, 0.5) is 0 Å². The lowest BCUT2D eigenvalue weighted by Crippen LogP contribution is -2.00. The molecule has 0 spiro atoms. The van der Waals surface area contributed by atoms with Crippen LogP contribution in [0.2, 0.25) is 0 Å². The number of hydrogen-bond acceptors (Lipinski definition) is 2. The van der Waals surface area contributed by atoms with Crippen molar-refractivity contribution in [1.29, 1.82) is 0 Å². The van der Waals surface area contributed by atoms with Crippen LogP contribution in [0.15, 0.2) is 24.3 Å². The maximum Gasteiger partial charge on any atom is 0.119 e. The first-order valence-electron chi connectivity index (χ1n) is 8.01. The summed E-state index contributed by atoms with van der Waals surface area (Å²) in [6.07, 6.45) is 5.72. The van der Waals surface area contributed by atoms with Gasteiger partial charge in [0.25, 0.3) is 0 Å². The highest BCUT2D eigenvalue weighted by Crippen LogP contribution is 2.19. The van der Waals surface area contributed by atoms with Crippen molar-refractivity contribution < 1.29 is 9.47 Å². The number of benzene rings is 1. The SMILES string of the molecule is C[C](C)CCCCOc1ccc(OCCC[C](C)C)cc1. The van der Waals surface area contributed by atoms with Gasteiger partial charge in [-0.15, -0.1) is 0 Å². The van der Waals surface area contributed by atoms with Crippen molar-refractivity contribution >= 4 is 0 Å². The summed E-state index contributed by atoms with van der Waals surface area (Å²) in [7, 11) is 0. The molecule has 0 heterocycles. The molecule has 0 bridgehead atoms. The van der Waals surface area contributed by atoms with Crippen LogP contribution in [0, 0.1) is 11.8 Å². The fourth-order valence-corrected chi connectivity index (χ4v) is 2.02. The van der Waals surface area contributed by atoms with E-state index in [0.29, 0.717) is 0 Å². The minimum absolute atomic E-state index is 0.776. The van der Waals surface area contributed by atoms with Gasteiger partial charge >= 0.3 is 0 Å². The average molecular weight is 290 g/mol. The fraction of sp³-hybridized carbons (Fsp3) is 0.579. The molecule has 0 unspecified atom stereocenters. The summed E-state index contributed by atoms with van der Waals surface area (Å²) in [5.74, 6) is 4.80. The molecule has 118 valence electrons. The minimum atomic E-state index is 0.776. The maximum absolute atomic E-state index is 5.73. The molecule has 0 aromatic heterocycles. The first kappa shape index (κ1) is 17.9. The molecule has 0 saturated carbocycles. The third-order valence-corrected chi connectivity index (χ3v) is 3.25. The third-order valence-electron chi connectivity index (χ3n) is 3.25. The smallest absolute Gasteiger partial charge is 0.119 e. The first-order chi connectivity index (χ1) is 10.1. The second kappa shape index (κ2) is 10.5. The summed E-state index contributed by atoms with van der Waals surface area (Å²) in [5.41, 5.74) is 0. The van der Waals surface area contributed by atoms with Crippen LogP contribution in [-0.2, 0) is 0 Å². The second-order valence-corrected chi connectivity index (χ2v) is 6.14. The average Bonchev–Trinajstić information content (AvgIpc) is 2.44. The standard InChI is InChI=1S/C19H30O2/c1-16(2)8-5-6-14-20-18-10-12-19(13-11-18)21-15-7-9-17(3)4/h10-13H,5-9,14-15H2,1-4H3. The van der Waals surface area contributed by atoms with Crippen molar-refractivity contribution in [3.8, 4) is 11.5 Å². The molecule has 1 aromatic rings. The molecule has 0 aliphatic heterocycles. The van der Waals surface area contributed by atoms with E-state index in [-0.39, 0.29) is 0 Å². The molecule has 0 aliphatic carbocycles. The summed E-state index contributed by atoms with van der Waals surface area (Å²) < 4.78 is 11.4. The second-order valence-electron chi connectivity index (χ2n) is 6.14. The Morgan fingerprint density at radius 1 is 0.667 bits per heavy atom. The molecule has 0 saturated heterocycles. The first-order valence-corrected chi connectivity index (χ1v) is 8.01. The van der Waals surface area contributed by atoms with E-state index in [2.05, 4.69) is 27.7 Å². The Labute approximate surface area is 130 Å². The number of hydrogen-bond donors (Lipinski definition) is 0. The summed E-state index contributed by atoms with van der Waals surface area (Å²) in [6, 6.07) is 7.96. The molecule has 0 aliphatic rings. The Kier molecular flexibility index (Phi) is 8.96. The largest absolute Gasteiger partial charge is 0.494 e. The molecule has 0 fully saturated rings. The van der Waals surface area contributed by atoms with Crippen LogP contribution in [0.5, 0.6) is 11.5 Å². The van der Waals surface area contributed by atoms with Crippen LogP contribution in [0.25, 0.3) is 0 Å². The van der Waals surface area contributed by atoms with Gasteiger partial charge in [0, 0.05) is 0 Å². The van der Waals surface area contributed by atoms with Crippen molar-refractivity contribution in [2.75, 3.05) is 13.2 Å². The lowest BCUT2D eigenvalue weighted by atomic mass is 10.1. The Bertz CT molecular complexity index is 354. The summed E-state index contributed by atoms with van der Waals surface area (Å²) in [4.78, 5) is 0. The summed E-state index contributed by atoms with van der Waals surface area (Å²) in [6.45, 7) is 10.2. The van der Waals surface area contributed by atoms with Gasteiger partial charge in [-0.2, -0.15) is 0 Å². The van der Waals surface area contributed by atoms with Gasteiger partial charge in [0.2, 0.25) is 0 Å². The van der Waals surface area contributed by atoms with Crippen molar-refractivity contribution in [2.45, 2.75) is 59.8 Å². The predicted molar refractivity (Wildman–Crippen MR) is 89.7 cm³/mol. The van der Waals surface area contributed by atoms with Crippen molar-refractivity contribution in [3.05, 3.63) is 36.1 Å². The molecule has 21 heavy (non-hydrogen) atoms. The maximum atomic E-state index is 5.73. The molecule has 2 radical (unpaired) electrons. The van der Waals surface area contributed by atoms with Crippen molar-refractivity contribution in [2.24, 2.45) is 0 Å². The van der Waals surface area contributed by atoms with E-state index in [1.165, 1.54) is 24.7 Å². The van der Waals surface area contributed by atoms with Gasteiger partial charge in [-0.3, -0.25) is 0 Å². The van der Waals surface area contributed by atoms with Crippen LogP contribution >= 0.6 is 0 Å². The van der Waals surface area contributed by atoms with E-state index >= 15 is 0 Å². The van der Waals surface area contributed by atoms with Crippen LogP contribution in [-0.4, -0.2) is 13.2 Å². The molecule has 2 heteroatoms. The van der Waals surface area contributed by atoms with Crippen LogP contribution in [0.3, 0.4) is 0 Å². The predicted octanol–water partition coefficient (Wildman–Crippen LogP) is 5.62. The number of unbranched alkanes of at least 4 members (excludes halogenated alkanes) is 1. The molecular formula is C19H30O2. The Morgan fingerprint density at radius 3 is 1.57 bits per heavy atom. The van der Waals surface area contributed by atoms with Gasteiger partial charge in [-0.1, -0.05) is 27.7 Å². The zero-order valence-corrected chi connectivity index (χ0v) is 14.1. The highest BCUT2D eigenvalue weighted by Gasteiger charge is 1.99. The molecular weight excluding hydrogens is 260 g/mol. The van der Waals surface area contributed by atoms with Gasteiger partial charge in [-0.25, -0.2) is 0 Å². The quantitative estimate of drug-likeness (QED) is 0.492. The minimum Gasteiger partial charge on any atom is -0.494 e. The van der Waals surface area contributed by atoms with Gasteiger partial charge in [0.1, 0.15) is 11.5 Å². The Balaban J connectivity index is 2.15. The lowest BCUT2D eigenvalue weighted by Gasteiger charge is -2.09. The van der Waals surface area contributed by atoms with E-state index < -0.39 is 0 Å². The van der Waals surface area contributed by atoms with E-state index in [9.17, 15) is 0 Å². The van der Waals surface area contributed by atoms with Crippen molar-refractivity contribution in [1.82, 2.24) is 0 Å². The van der Waals surface area contributed by atoms with Crippen LogP contribution in [0.1, 0.15) is 59.8 Å². The van der Waals surface area contributed by atoms with Gasteiger partial charge < -0.3 is 9.47 Å². The normalized spacial score (nSPS) is 11.1. The fourth-order valence-electron chi connectivity index (χ4n) is 2.02. The molecule has 1 aromatic carbocycles. The number of rotatable bonds is 11. The third kappa shape index (κ3) is 9.38. The molecule has 2 nitrogen and oxygen atoms in total. The summed E-state index contributed by atoms with van der Waals surface area (Å²) >= 11 is 0. The van der Waals surface area contributed by atoms with E-state index in [1.807, 2.05) is 24.3 Å². The van der Waals surface area contributed by atoms with Crippen molar-refractivity contribution in [3.63, 3.8) is 0 Å². The van der Waals surface area contributed by atoms with E-state index in [0.717, 1.165) is 44.0 Å². The zero-order valence-electron chi connectivity index (χ0n) is 14.1. The van der Waals surface area contributed by atoms with Crippen LogP contribution < -0.4 is 9.47 Å². The Hall–Kier alpha value is -1.18.